The van der Waals surface area contributed by atoms with Crippen molar-refractivity contribution in [1.82, 2.24) is 4.72 Å². The van der Waals surface area contributed by atoms with Crippen LogP contribution < -0.4 is 14.4 Å². The Hall–Kier alpha value is -2.45. The number of sulfonamides is 1. The highest BCUT2D eigenvalue weighted by Crippen LogP contribution is 2.25. The number of carbonyl (C=O) groups is 1. The van der Waals surface area contributed by atoms with Crippen molar-refractivity contribution in [2.24, 2.45) is 0 Å². The van der Waals surface area contributed by atoms with Gasteiger partial charge in [0.25, 0.3) is 0 Å². The van der Waals surface area contributed by atoms with Crippen LogP contribution in [0.3, 0.4) is 0 Å². The van der Waals surface area contributed by atoms with Crippen LogP contribution in [-0.2, 0) is 14.8 Å². The number of methoxy groups -OCH3 is 1. The largest absolute Gasteiger partial charge is 0.497 e. The van der Waals surface area contributed by atoms with Crippen molar-refractivity contribution in [2.75, 3.05) is 18.6 Å². The van der Waals surface area contributed by atoms with E-state index in [0.717, 1.165) is 6.07 Å². The van der Waals surface area contributed by atoms with E-state index in [4.69, 9.17) is 4.74 Å². The van der Waals surface area contributed by atoms with Crippen molar-refractivity contribution < 1.29 is 22.3 Å². The van der Waals surface area contributed by atoms with Crippen LogP contribution in [0.1, 0.15) is 12.0 Å². The number of hydrogen-bond donors (Lipinski definition) is 1. The van der Waals surface area contributed by atoms with Crippen molar-refractivity contribution in [2.45, 2.75) is 24.3 Å². The molecule has 0 radical (unpaired) electrons. The van der Waals surface area contributed by atoms with Gasteiger partial charge < -0.3 is 9.64 Å². The lowest BCUT2D eigenvalue weighted by atomic mass is 10.2. The lowest BCUT2D eigenvalue weighted by Gasteiger charge is -2.17. The molecule has 0 aliphatic carbocycles. The number of halogens is 1. The highest BCUT2D eigenvalue weighted by atomic mass is 32.2. The second-order valence-electron chi connectivity index (χ2n) is 6.06. The molecule has 6 nitrogen and oxygen atoms in total. The maximum absolute atomic E-state index is 13.4. The standard InChI is InChI=1S/C18H19FN2O4S/c1-12-11-15(7-8-16(12)19)26(23,24)20-17-9-10-21(18(17)22)13-3-5-14(25-2)6-4-13/h3-8,11,17,20H,9-10H2,1-2H3/t17-/m0/s1. The molecular formula is C18H19FN2O4S. The summed E-state index contributed by atoms with van der Waals surface area (Å²) in [7, 11) is -2.36. The van der Waals surface area contributed by atoms with Gasteiger partial charge in [-0.25, -0.2) is 12.8 Å². The normalized spacial score (nSPS) is 17.6. The Morgan fingerprint density at radius 1 is 1.19 bits per heavy atom. The van der Waals surface area contributed by atoms with Crippen molar-refractivity contribution in [3.8, 4) is 5.75 Å². The molecule has 0 unspecified atom stereocenters. The summed E-state index contributed by atoms with van der Waals surface area (Å²) in [5.74, 6) is -0.131. The average molecular weight is 378 g/mol. The number of carbonyl (C=O) groups excluding carboxylic acids is 1. The molecule has 0 saturated carbocycles. The highest BCUT2D eigenvalue weighted by molar-refractivity contribution is 7.89. The molecule has 0 bridgehead atoms. The molecule has 3 rings (SSSR count). The van der Waals surface area contributed by atoms with Gasteiger partial charge in [-0.15, -0.1) is 0 Å². The van der Waals surface area contributed by atoms with Gasteiger partial charge in [0.15, 0.2) is 0 Å². The SMILES string of the molecule is COc1ccc(N2CC[C@H](NS(=O)(=O)c3ccc(F)c(C)c3)C2=O)cc1. The van der Waals surface area contributed by atoms with Gasteiger partial charge >= 0.3 is 0 Å². The second-order valence-corrected chi connectivity index (χ2v) is 7.78. The molecular weight excluding hydrogens is 359 g/mol. The molecule has 26 heavy (non-hydrogen) atoms. The van der Waals surface area contributed by atoms with E-state index in [9.17, 15) is 17.6 Å². The monoisotopic (exact) mass is 378 g/mol. The molecule has 0 aromatic heterocycles. The summed E-state index contributed by atoms with van der Waals surface area (Å²) >= 11 is 0. The molecule has 2 aromatic carbocycles. The predicted molar refractivity (Wildman–Crippen MR) is 95.2 cm³/mol. The third kappa shape index (κ3) is 3.56. The van der Waals surface area contributed by atoms with Crippen molar-refractivity contribution in [3.63, 3.8) is 0 Å². The summed E-state index contributed by atoms with van der Waals surface area (Å²) in [6.07, 6.45) is 0.351. The zero-order chi connectivity index (χ0) is 18.9. The van der Waals surface area contributed by atoms with Crippen LogP contribution in [-0.4, -0.2) is 34.0 Å². The minimum absolute atomic E-state index is 0.0629. The Balaban J connectivity index is 1.76. The Kier molecular flexibility index (Phi) is 4.97. The van der Waals surface area contributed by atoms with Crippen molar-refractivity contribution in [1.29, 1.82) is 0 Å². The first-order valence-electron chi connectivity index (χ1n) is 8.06. The van der Waals surface area contributed by atoms with Gasteiger partial charge in [0.05, 0.1) is 12.0 Å². The van der Waals surface area contributed by atoms with Crippen LogP contribution in [0.25, 0.3) is 0 Å². The maximum Gasteiger partial charge on any atom is 0.245 e. The van der Waals surface area contributed by atoms with Crippen LogP contribution in [0.15, 0.2) is 47.4 Å². The smallest absolute Gasteiger partial charge is 0.245 e. The zero-order valence-electron chi connectivity index (χ0n) is 14.4. The molecule has 1 fully saturated rings. The fraction of sp³-hybridized carbons (Fsp3) is 0.278. The van der Waals surface area contributed by atoms with Gasteiger partial charge in [-0.05, 0) is 61.4 Å². The Bertz CT molecular complexity index is 929. The summed E-state index contributed by atoms with van der Waals surface area (Å²) in [5, 5.41) is 0. The number of ether oxygens (including phenoxy) is 1. The maximum atomic E-state index is 13.4. The number of hydrogen-bond acceptors (Lipinski definition) is 4. The summed E-state index contributed by atoms with van der Waals surface area (Å²) < 4.78 is 45.9. The third-order valence-electron chi connectivity index (χ3n) is 4.33. The molecule has 138 valence electrons. The van der Waals surface area contributed by atoms with Gasteiger partial charge in [0, 0.05) is 12.2 Å². The summed E-state index contributed by atoms with van der Waals surface area (Å²) in [6.45, 7) is 1.89. The van der Waals surface area contributed by atoms with Crippen molar-refractivity contribution >= 4 is 21.6 Å². The van der Waals surface area contributed by atoms with E-state index in [1.54, 1.807) is 31.4 Å². The minimum atomic E-state index is -3.92. The number of benzene rings is 2. The Morgan fingerprint density at radius 3 is 2.50 bits per heavy atom. The van der Waals surface area contributed by atoms with E-state index in [2.05, 4.69) is 4.72 Å². The predicted octanol–water partition coefficient (Wildman–Crippen LogP) is 2.23. The fourth-order valence-corrected chi connectivity index (χ4v) is 4.16. The molecule has 2 aromatic rings. The van der Waals surface area contributed by atoms with E-state index >= 15 is 0 Å². The molecule has 1 N–H and O–H groups in total. The molecule has 8 heteroatoms. The molecule has 1 saturated heterocycles. The number of rotatable bonds is 5. The topological polar surface area (TPSA) is 75.7 Å². The molecule has 1 amide bonds. The molecule has 1 atom stereocenters. The Morgan fingerprint density at radius 2 is 1.88 bits per heavy atom. The van der Waals surface area contributed by atoms with E-state index in [1.807, 2.05) is 0 Å². The lowest BCUT2D eigenvalue weighted by molar-refractivity contribution is -0.118. The highest BCUT2D eigenvalue weighted by Gasteiger charge is 2.35. The second kappa shape index (κ2) is 7.05. The van der Waals surface area contributed by atoms with Crippen LogP contribution in [0.2, 0.25) is 0 Å². The first-order valence-corrected chi connectivity index (χ1v) is 9.54. The van der Waals surface area contributed by atoms with Gasteiger partial charge in [-0.3, -0.25) is 4.79 Å². The van der Waals surface area contributed by atoms with Crippen molar-refractivity contribution in [3.05, 3.63) is 53.8 Å². The molecule has 1 aliphatic heterocycles. The first-order chi connectivity index (χ1) is 12.3. The van der Waals surface area contributed by atoms with Gasteiger partial charge in [-0.2, -0.15) is 4.72 Å². The van der Waals surface area contributed by atoms with Gasteiger partial charge in [0.1, 0.15) is 17.6 Å². The van der Waals surface area contributed by atoms with E-state index in [1.165, 1.54) is 24.0 Å². The quantitative estimate of drug-likeness (QED) is 0.866. The fourth-order valence-electron chi connectivity index (χ4n) is 2.85. The third-order valence-corrected chi connectivity index (χ3v) is 5.80. The van der Waals surface area contributed by atoms with Crippen LogP contribution >= 0.6 is 0 Å². The summed E-state index contributed by atoms with van der Waals surface area (Å²) in [5.41, 5.74) is 0.903. The lowest BCUT2D eigenvalue weighted by Crippen LogP contribution is -2.41. The average Bonchev–Trinajstić information content (AvgIpc) is 2.97. The number of aryl methyl sites for hydroxylation is 1. The molecule has 1 heterocycles. The van der Waals surface area contributed by atoms with E-state index in [-0.39, 0.29) is 16.4 Å². The number of nitrogens with zero attached hydrogens (tertiary/aromatic N) is 1. The van der Waals surface area contributed by atoms with Crippen LogP contribution in [0.5, 0.6) is 5.75 Å². The van der Waals surface area contributed by atoms with Crippen LogP contribution in [0.4, 0.5) is 10.1 Å². The molecule has 1 aliphatic rings. The summed E-state index contributed by atoms with van der Waals surface area (Å²) in [6, 6.07) is 9.65. The number of anilines is 1. The number of amides is 1. The van der Waals surface area contributed by atoms with E-state index in [0.29, 0.717) is 24.4 Å². The number of nitrogens with one attached hydrogen (secondary N) is 1. The Labute approximate surface area is 151 Å². The zero-order valence-corrected chi connectivity index (χ0v) is 15.2. The molecule has 0 spiro atoms. The van der Waals surface area contributed by atoms with Crippen LogP contribution in [0, 0.1) is 12.7 Å². The van der Waals surface area contributed by atoms with E-state index < -0.39 is 21.9 Å². The minimum Gasteiger partial charge on any atom is -0.497 e. The summed E-state index contributed by atoms with van der Waals surface area (Å²) in [4.78, 5) is 14.1. The van der Waals surface area contributed by atoms with Gasteiger partial charge in [-0.1, -0.05) is 0 Å². The van der Waals surface area contributed by atoms with Gasteiger partial charge in [0.2, 0.25) is 15.9 Å². The first kappa shape index (κ1) is 18.3.